The molecule has 0 aliphatic rings. The second kappa shape index (κ2) is 16.2. The molecule has 2 aromatic rings. The van der Waals surface area contributed by atoms with Crippen LogP contribution in [-0.4, -0.2) is 65.3 Å². The Kier molecular flexibility index (Phi) is 13.4. The number of sulfonamides is 1. The van der Waals surface area contributed by atoms with Crippen molar-refractivity contribution in [3.05, 3.63) is 60.2 Å². The first-order valence-electron chi connectivity index (χ1n) is 13.5. The number of amides is 1. The standard InChI is InChI=1S/C29H43N3O6S/c1-5-6-7-8-9-13-20-37-29(34)30-25-16-18-27(19-17-25)39(35,36)31-26(22-32(2,3)4)21-28(33)38-23-24-14-11-10-12-15-24/h10-12,14-19,26,31H,5-9,13,20-23H2,1-4H3/p+1/t26-/m1/s1. The normalized spacial score (nSPS) is 12.5. The fourth-order valence-electron chi connectivity index (χ4n) is 4.01. The number of anilines is 1. The summed E-state index contributed by atoms with van der Waals surface area (Å²) in [6.07, 6.45) is 5.89. The van der Waals surface area contributed by atoms with Gasteiger partial charge < -0.3 is 14.0 Å². The summed E-state index contributed by atoms with van der Waals surface area (Å²) in [5, 5.41) is 2.62. The van der Waals surface area contributed by atoms with Crippen LogP contribution in [0.4, 0.5) is 10.5 Å². The fraction of sp³-hybridized carbons (Fsp3) is 0.517. The van der Waals surface area contributed by atoms with Crippen LogP contribution in [0.1, 0.15) is 57.4 Å². The third-order valence-corrected chi connectivity index (χ3v) is 7.42. The lowest BCUT2D eigenvalue weighted by Crippen LogP contribution is -2.49. The molecule has 0 aliphatic heterocycles. The second-order valence-electron chi connectivity index (χ2n) is 10.7. The van der Waals surface area contributed by atoms with E-state index in [1.807, 2.05) is 51.5 Å². The zero-order valence-corrected chi connectivity index (χ0v) is 24.5. The number of likely N-dealkylation sites (N-methyl/N-ethyl adjacent to an activating group) is 1. The quantitative estimate of drug-likeness (QED) is 0.158. The molecular formula is C29H44N3O6S+. The highest BCUT2D eigenvalue weighted by Crippen LogP contribution is 2.16. The summed E-state index contributed by atoms with van der Waals surface area (Å²) in [5.74, 6) is -0.487. The van der Waals surface area contributed by atoms with Crippen molar-refractivity contribution in [3.63, 3.8) is 0 Å². The van der Waals surface area contributed by atoms with Gasteiger partial charge in [0, 0.05) is 5.69 Å². The summed E-state index contributed by atoms with van der Waals surface area (Å²) >= 11 is 0. The summed E-state index contributed by atoms with van der Waals surface area (Å²) in [5.41, 5.74) is 1.28. The molecule has 0 unspecified atom stereocenters. The van der Waals surface area contributed by atoms with Crippen LogP contribution in [0.25, 0.3) is 0 Å². The van der Waals surface area contributed by atoms with E-state index >= 15 is 0 Å². The molecule has 0 spiro atoms. The maximum atomic E-state index is 13.1. The predicted molar refractivity (Wildman–Crippen MR) is 153 cm³/mol. The summed E-state index contributed by atoms with van der Waals surface area (Å²) in [4.78, 5) is 24.6. The minimum atomic E-state index is -3.93. The lowest BCUT2D eigenvalue weighted by molar-refractivity contribution is -0.871. The summed E-state index contributed by atoms with van der Waals surface area (Å²) in [6.45, 7) is 3.01. The van der Waals surface area contributed by atoms with Gasteiger partial charge in [-0.15, -0.1) is 0 Å². The van der Waals surface area contributed by atoms with E-state index < -0.39 is 28.1 Å². The number of nitrogens with zero attached hydrogens (tertiary/aromatic N) is 1. The molecule has 1 amide bonds. The van der Waals surface area contributed by atoms with Gasteiger partial charge >= 0.3 is 12.1 Å². The predicted octanol–water partition coefficient (Wildman–Crippen LogP) is 5.08. The van der Waals surface area contributed by atoms with Gasteiger partial charge in [0.15, 0.2) is 0 Å². The number of quaternary nitrogens is 1. The van der Waals surface area contributed by atoms with Crippen molar-refractivity contribution in [3.8, 4) is 0 Å². The number of hydrogen-bond donors (Lipinski definition) is 2. The van der Waals surface area contributed by atoms with E-state index in [-0.39, 0.29) is 17.9 Å². The molecule has 0 aromatic heterocycles. The van der Waals surface area contributed by atoms with Gasteiger partial charge in [0.2, 0.25) is 10.0 Å². The highest BCUT2D eigenvalue weighted by Gasteiger charge is 2.27. The lowest BCUT2D eigenvalue weighted by atomic mass is 10.1. The molecule has 10 heteroatoms. The first-order chi connectivity index (χ1) is 18.5. The number of carbonyl (C=O) groups is 2. The van der Waals surface area contributed by atoms with Crippen LogP contribution in [0.2, 0.25) is 0 Å². The lowest BCUT2D eigenvalue weighted by Gasteiger charge is -2.29. The molecule has 2 N–H and O–H groups in total. The minimum absolute atomic E-state index is 0.0255. The van der Waals surface area contributed by atoms with E-state index in [0.29, 0.717) is 23.3 Å². The zero-order chi connectivity index (χ0) is 28.7. The van der Waals surface area contributed by atoms with Crippen molar-refractivity contribution in [2.75, 3.05) is 39.6 Å². The molecular weight excluding hydrogens is 518 g/mol. The molecule has 216 valence electrons. The Morgan fingerprint density at radius 1 is 0.872 bits per heavy atom. The number of nitrogens with one attached hydrogen (secondary N) is 2. The summed E-state index contributed by atoms with van der Waals surface area (Å²) in [7, 11) is 1.83. The summed E-state index contributed by atoms with van der Waals surface area (Å²) in [6, 6.07) is 14.4. The highest BCUT2D eigenvalue weighted by molar-refractivity contribution is 7.89. The van der Waals surface area contributed by atoms with Crippen molar-refractivity contribution < 1.29 is 32.0 Å². The Bertz CT molecular complexity index is 1120. The van der Waals surface area contributed by atoms with Crippen LogP contribution >= 0.6 is 0 Å². The van der Waals surface area contributed by atoms with Gasteiger partial charge in [0.1, 0.15) is 6.61 Å². The van der Waals surface area contributed by atoms with E-state index in [9.17, 15) is 18.0 Å². The van der Waals surface area contributed by atoms with Crippen LogP contribution in [0.3, 0.4) is 0 Å². The molecule has 2 rings (SSSR count). The first kappa shape index (κ1) is 32.3. The van der Waals surface area contributed by atoms with Crippen molar-refractivity contribution in [1.82, 2.24) is 4.72 Å². The van der Waals surface area contributed by atoms with Gasteiger partial charge in [0.25, 0.3) is 0 Å². The average Bonchev–Trinajstić information content (AvgIpc) is 2.86. The van der Waals surface area contributed by atoms with Crippen molar-refractivity contribution in [1.29, 1.82) is 0 Å². The smallest absolute Gasteiger partial charge is 0.411 e. The number of carbonyl (C=O) groups excluding carboxylic acids is 2. The molecule has 0 heterocycles. The molecule has 1 atom stereocenters. The Hall–Kier alpha value is -2.95. The van der Waals surface area contributed by atoms with Crippen LogP contribution in [0.15, 0.2) is 59.5 Å². The monoisotopic (exact) mass is 562 g/mol. The van der Waals surface area contributed by atoms with Crippen molar-refractivity contribution in [2.45, 2.75) is 69.4 Å². The second-order valence-corrected chi connectivity index (χ2v) is 12.4. The van der Waals surface area contributed by atoms with E-state index in [4.69, 9.17) is 9.47 Å². The third-order valence-electron chi connectivity index (χ3n) is 5.89. The summed E-state index contributed by atoms with van der Waals surface area (Å²) < 4.78 is 39.9. The molecule has 0 fully saturated rings. The Morgan fingerprint density at radius 3 is 2.15 bits per heavy atom. The largest absolute Gasteiger partial charge is 0.461 e. The molecule has 0 radical (unpaired) electrons. The van der Waals surface area contributed by atoms with Gasteiger partial charge in [-0.2, -0.15) is 0 Å². The van der Waals surface area contributed by atoms with Gasteiger partial charge in [0.05, 0.1) is 51.7 Å². The van der Waals surface area contributed by atoms with Crippen LogP contribution in [0, 0.1) is 0 Å². The third kappa shape index (κ3) is 13.6. The van der Waals surface area contributed by atoms with Gasteiger partial charge in [-0.1, -0.05) is 69.4 Å². The number of unbranched alkanes of at least 4 members (excludes halogenated alkanes) is 5. The molecule has 9 nitrogen and oxygen atoms in total. The van der Waals surface area contributed by atoms with Crippen LogP contribution in [0.5, 0.6) is 0 Å². The van der Waals surface area contributed by atoms with Gasteiger partial charge in [-0.25, -0.2) is 17.9 Å². The number of esters is 1. The van der Waals surface area contributed by atoms with E-state index in [0.717, 1.165) is 24.8 Å². The van der Waals surface area contributed by atoms with Crippen molar-refractivity contribution >= 4 is 27.8 Å². The Morgan fingerprint density at radius 2 is 1.51 bits per heavy atom. The maximum Gasteiger partial charge on any atom is 0.411 e. The van der Waals surface area contributed by atoms with E-state index in [1.165, 1.54) is 43.5 Å². The fourth-order valence-corrected chi connectivity index (χ4v) is 5.24. The molecule has 0 saturated heterocycles. The average molecular weight is 563 g/mol. The minimum Gasteiger partial charge on any atom is -0.461 e. The number of ether oxygens (including phenoxy) is 2. The van der Waals surface area contributed by atoms with E-state index in [2.05, 4.69) is 17.0 Å². The topological polar surface area (TPSA) is 111 Å². The number of benzene rings is 2. The zero-order valence-electron chi connectivity index (χ0n) is 23.6. The molecule has 39 heavy (non-hydrogen) atoms. The highest BCUT2D eigenvalue weighted by atomic mass is 32.2. The number of rotatable bonds is 17. The maximum absolute atomic E-state index is 13.1. The Balaban J connectivity index is 1.90. The molecule has 0 bridgehead atoms. The molecule has 2 aromatic carbocycles. The first-order valence-corrected chi connectivity index (χ1v) is 15.0. The SMILES string of the molecule is CCCCCCCCOC(=O)Nc1ccc(S(=O)(=O)N[C@H](CC(=O)OCc2ccccc2)C[N+](C)(C)C)cc1. The van der Waals surface area contributed by atoms with Gasteiger partial charge in [-0.05, 0) is 36.2 Å². The van der Waals surface area contributed by atoms with E-state index in [1.54, 1.807) is 0 Å². The molecule has 0 aliphatic carbocycles. The van der Waals surface area contributed by atoms with Gasteiger partial charge in [-0.3, -0.25) is 10.1 Å². The molecule has 0 saturated carbocycles. The van der Waals surface area contributed by atoms with Crippen LogP contribution in [-0.2, 0) is 30.9 Å². The van der Waals surface area contributed by atoms with Crippen molar-refractivity contribution in [2.24, 2.45) is 0 Å². The number of hydrogen-bond acceptors (Lipinski definition) is 6. The van der Waals surface area contributed by atoms with Crippen LogP contribution < -0.4 is 10.0 Å². The Labute approximate surface area is 233 Å².